The minimum atomic E-state index is -0.979. The number of hydrogen-bond donors (Lipinski definition) is 2. The summed E-state index contributed by atoms with van der Waals surface area (Å²) in [6.07, 6.45) is 1.65. The lowest BCUT2D eigenvalue weighted by atomic mass is 10.2. The smallest absolute Gasteiger partial charge is 0.306 e. The molecule has 0 aliphatic rings. The Morgan fingerprint density at radius 1 is 1.35 bits per heavy atom. The fourth-order valence-corrected chi connectivity index (χ4v) is 2.45. The normalized spacial score (nSPS) is 10.5. The summed E-state index contributed by atoms with van der Waals surface area (Å²) >= 11 is 5.98. The van der Waals surface area contributed by atoms with E-state index >= 15 is 0 Å². The number of hydroxylamine groups is 1. The van der Waals surface area contributed by atoms with Crippen LogP contribution in [0, 0.1) is 15.9 Å². The number of halogens is 2. The van der Waals surface area contributed by atoms with E-state index in [9.17, 15) is 14.5 Å². The first-order valence-electron chi connectivity index (χ1n) is 7.75. The lowest BCUT2D eigenvalue weighted by Gasteiger charge is -2.18. The van der Waals surface area contributed by atoms with Gasteiger partial charge in [0, 0.05) is 55.8 Å². The standard InChI is InChI=1S/C16H19ClFN5O3/c1-4-19-13-7-16(22(2)26-3)21-9-10(13)8-20-14-6-15(23(24)25)12(18)5-11(14)17/h5-7,9,20H,4,8H2,1-3H3,(H,19,21). The number of nitrogens with one attached hydrogen (secondary N) is 2. The lowest BCUT2D eigenvalue weighted by molar-refractivity contribution is -0.387. The summed E-state index contributed by atoms with van der Waals surface area (Å²) in [5.74, 6) is -0.366. The highest BCUT2D eigenvalue weighted by atomic mass is 35.5. The Morgan fingerprint density at radius 3 is 2.69 bits per heavy atom. The SMILES string of the molecule is CCNc1cc(N(C)OC)ncc1CNc1cc([N+](=O)[O-])c(F)cc1Cl. The molecule has 0 fully saturated rings. The molecule has 140 valence electrons. The fourth-order valence-electron chi connectivity index (χ4n) is 2.24. The largest absolute Gasteiger partial charge is 0.385 e. The molecule has 2 aromatic rings. The molecular formula is C16H19ClFN5O3. The summed E-state index contributed by atoms with van der Waals surface area (Å²) in [5.41, 5.74) is 1.25. The monoisotopic (exact) mass is 383 g/mol. The maximum Gasteiger partial charge on any atom is 0.306 e. The number of pyridine rings is 1. The average Bonchev–Trinajstić information content (AvgIpc) is 2.61. The van der Waals surface area contributed by atoms with Crippen LogP contribution in [0.4, 0.5) is 27.3 Å². The van der Waals surface area contributed by atoms with Crippen molar-refractivity contribution in [3.63, 3.8) is 0 Å². The lowest BCUT2D eigenvalue weighted by Crippen LogP contribution is -2.17. The maximum atomic E-state index is 13.6. The van der Waals surface area contributed by atoms with Crippen molar-refractivity contribution >= 4 is 34.5 Å². The number of rotatable bonds is 8. The van der Waals surface area contributed by atoms with Gasteiger partial charge in [-0.05, 0) is 6.92 Å². The topological polar surface area (TPSA) is 92.6 Å². The minimum absolute atomic E-state index is 0.0572. The van der Waals surface area contributed by atoms with Crippen molar-refractivity contribution in [2.45, 2.75) is 13.5 Å². The van der Waals surface area contributed by atoms with Crippen LogP contribution in [0.2, 0.25) is 5.02 Å². The third-order valence-corrected chi connectivity index (χ3v) is 3.95. The molecule has 0 radical (unpaired) electrons. The van der Waals surface area contributed by atoms with Crippen LogP contribution in [0.5, 0.6) is 0 Å². The van der Waals surface area contributed by atoms with Crippen LogP contribution in [-0.2, 0) is 11.4 Å². The summed E-state index contributed by atoms with van der Waals surface area (Å²) < 4.78 is 13.6. The zero-order valence-corrected chi connectivity index (χ0v) is 15.3. The van der Waals surface area contributed by atoms with Gasteiger partial charge >= 0.3 is 5.69 Å². The van der Waals surface area contributed by atoms with Crippen molar-refractivity contribution in [3.8, 4) is 0 Å². The van der Waals surface area contributed by atoms with Crippen LogP contribution in [0.1, 0.15) is 12.5 Å². The predicted octanol–water partition coefficient (Wildman–Crippen LogP) is 3.82. The number of nitro groups is 1. The predicted molar refractivity (Wildman–Crippen MR) is 99.2 cm³/mol. The average molecular weight is 384 g/mol. The molecule has 0 amide bonds. The van der Waals surface area contributed by atoms with Gasteiger partial charge in [-0.1, -0.05) is 11.6 Å². The second kappa shape index (κ2) is 8.63. The first-order valence-corrected chi connectivity index (χ1v) is 8.13. The Bertz CT molecular complexity index is 806. The van der Waals surface area contributed by atoms with Gasteiger partial charge in [0.25, 0.3) is 0 Å². The summed E-state index contributed by atoms with van der Waals surface area (Å²) in [6, 6.07) is 3.81. The molecule has 8 nitrogen and oxygen atoms in total. The van der Waals surface area contributed by atoms with Gasteiger partial charge in [0.2, 0.25) is 5.82 Å². The number of aromatic nitrogens is 1. The first kappa shape index (κ1) is 19.7. The van der Waals surface area contributed by atoms with Gasteiger partial charge in [-0.2, -0.15) is 4.39 Å². The summed E-state index contributed by atoms with van der Waals surface area (Å²) in [7, 11) is 3.26. The molecule has 0 saturated carbocycles. The molecule has 0 saturated heterocycles. The number of nitrogens with zero attached hydrogens (tertiary/aromatic N) is 3. The highest BCUT2D eigenvalue weighted by molar-refractivity contribution is 6.33. The van der Waals surface area contributed by atoms with Gasteiger partial charge in [-0.25, -0.2) is 10.0 Å². The van der Waals surface area contributed by atoms with E-state index in [-0.39, 0.29) is 17.3 Å². The Kier molecular flexibility index (Phi) is 6.53. The van der Waals surface area contributed by atoms with E-state index in [2.05, 4.69) is 15.6 Å². The van der Waals surface area contributed by atoms with Crippen LogP contribution in [0.3, 0.4) is 0 Å². The third kappa shape index (κ3) is 4.50. The summed E-state index contributed by atoms with van der Waals surface area (Å²) in [6.45, 7) is 2.93. The third-order valence-electron chi connectivity index (χ3n) is 3.64. The van der Waals surface area contributed by atoms with Gasteiger partial charge in [-0.3, -0.25) is 15.0 Å². The van der Waals surface area contributed by atoms with E-state index in [1.54, 1.807) is 13.2 Å². The fraction of sp³-hybridized carbons (Fsp3) is 0.312. The molecular weight excluding hydrogens is 365 g/mol. The van der Waals surface area contributed by atoms with Crippen molar-refractivity contribution in [1.82, 2.24) is 4.98 Å². The first-order chi connectivity index (χ1) is 12.4. The van der Waals surface area contributed by atoms with Crippen molar-refractivity contribution in [2.75, 3.05) is 36.4 Å². The Balaban J connectivity index is 2.26. The van der Waals surface area contributed by atoms with Crippen LogP contribution < -0.4 is 15.7 Å². The summed E-state index contributed by atoms with van der Waals surface area (Å²) in [4.78, 5) is 19.5. The minimum Gasteiger partial charge on any atom is -0.385 e. The molecule has 2 rings (SSSR count). The van der Waals surface area contributed by atoms with Crippen molar-refractivity contribution in [3.05, 3.63) is 50.9 Å². The van der Waals surface area contributed by atoms with Crippen LogP contribution in [0.15, 0.2) is 24.4 Å². The van der Waals surface area contributed by atoms with Gasteiger partial charge < -0.3 is 10.6 Å². The highest BCUT2D eigenvalue weighted by Crippen LogP contribution is 2.31. The second-order valence-electron chi connectivity index (χ2n) is 5.30. The molecule has 0 bridgehead atoms. The number of anilines is 3. The molecule has 1 aromatic carbocycles. The van der Waals surface area contributed by atoms with E-state index in [1.807, 2.05) is 13.0 Å². The molecule has 2 N–H and O–H groups in total. The Labute approximate surface area is 155 Å². The molecule has 26 heavy (non-hydrogen) atoms. The van der Waals surface area contributed by atoms with E-state index in [4.69, 9.17) is 16.4 Å². The highest BCUT2D eigenvalue weighted by Gasteiger charge is 2.18. The Hall–Kier alpha value is -2.65. The summed E-state index contributed by atoms with van der Waals surface area (Å²) in [5, 5.41) is 18.7. The molecule has 0 spiro atoms. The maximum absolute atomic E-state index is 13.6. The van der Waals surface area contributed by atoms with Gasteiger partial charge in [0.05, 0.1) is 22.7 Å². The molecule has 0 unspecified atom stereocenters. The zero-order chi connectivity index (χ0) is 19.3. The van der Waals surface area contributed by atoms with Crippen molar-refractivity contribution in [2.24, 2.45) is 0 Å². The molecule has 0 atom stereocenters. The molecule has 10 heteroatoms. The zero-order valence-electron chi connectivity index (χ0n) is 14.5. The van der Waals surface area contributed by atoms with E-state index in [0.29, 0.717) is 12.4 Å². The van der Waals surface area contributed by atoms with Crippen LogP contribution >= 0.6 is 11.6 Å². The molecule has 1 heterocycles. The van der Waals surface area contributed by atoms with E-state index in [1.165, 1.54) is 12.2 Å². The second-order valence-corrected chi connectivity index (χ2v) is 5.71. The number of nitro benzene ring substituents is 1. The molecule has 0 aliphatic carbocycles. The number of benzene rings is 1. The van der Waals surface area contributed by atoms with Crippen LogP contribution in [-0.4, -0.2) is 30.6 Å². The van der Waals surface area contributed by atoms with Crippen molar-refractivity contribution < 1.29 is 14.2 Å². The molecule has 0 aliphatic heterocycles. The Morgan fingerprint density at radius 2 is 2.08 bits per heavy atom. The van der Waals surface area contributed by atoms with Gasteiger partial charge in [0.1, 0.15) is 0 Å². The van der Waals surface area contributed by atoms with Crippen LogP contribution in [0.25, 0.3) is 0 Å². The quantitative estimate of drug-likeness (QED) is 0.528. The van der Waals surface area contributed by atoms with Gasteiger partial charge in [0.15, 0.2) is 5.82 Å². The molecule has 1 aromatic heterocycles. The van der Waals surface area contributed by atoms with E-state index in [0.717, 1.165) is 23.4 Å². The van der Waals surface area contributed by atoms with Crippen molar-refractivity contribution in [1.29, 1.82) is 0 Å². The van der Waals surface area contributed by atoms with E-state index < -0.39 is 16.4 Å². The number of hydrogen-bond acceptors (Lipinski definition) is 7. The van der Waals surface area contributed by atoms with Gasteiger partial charge in [-0.15, -0.1) is 0 Å².